The van der Waals surface area contributed by atoms with Crippen LogP contribution in [0.15, 0.2) is 24.7 Å². The second kappa shape index (κ2) is 9.05. The van der Waals surface area contributed by atoms with Gasteiger partial charge in [0.25, 0.3) is 0 Å². The zero-order valence-electron chi connectivity index (χ0n) is 18.3. The third kappa shape index (κ3) is 5.64. The van der Waals surface area contributed by atoms with E-state index in [9.17, 15) is 13.5 Å². The maximum absolute atomic E-state index is 12.0. The number of hydrogen-bond acceptors (Lipinski definition) is 8. The number of nitrogens with one attached hydrogen (secondary N) is 2. The van der Waals surface area contributed by atoms with Gasteiger partial charge in [0.15, 0.2) is 0 Å². The van der Waals surface area contributed by atoms with Crippen molar-refractivity contribution >= 4 is 47.4 Å². The zero-order chi connectivity index (χ0) is 22.9. The SMILES string of the molecule is CC(C)(O)C[As]c1ncc(-c2cnc3[nH]ccc3n2)c(NC2CCCN(S(C)(=O)=O)C2)n1. The van der Waals surface area contributed by atoms with Crippen LogP contribution in [0.1, 0.15) is 26.7 Å². The average Bonchev–Trinajstić information content (AvgIpc) is 3.19. The van der Waals surface area contributed by atoms with Crippen molar-refractivity contribution in [2.24, 2.45) is 0 Å². The number of piperidine rings is 1. The Morgan fingerprint density at radius 2 is 2.12 bits per heavy atom. The molecule has 0 aliphatic carbocycles. The third-order valence-corrected chi connectivity index (χ3v) is 9.38. The van der Waals surface area contributed by atoms with Crippen LogP contribution in [0.5, 0.6) is 0 Å². The van der Waals surface area contributed by atoms with Gasteiger partial charge in [-0.3, -0.25) is 0 Å². The van der Waals surface area contributed by atoms with Crippen molar-refractivity contribution in [2.45, 2.75) is 43.5 Å². The number of H-pyrrole nitrogens is 1. The molecule has 3 N–H and O–H groups in total. The summed E-state index contributed by atoms with van der Waals surface area (Å²) < 4.78 is 26.3. The maximum atomic E-state index is 12.0. The quantitative estimate of drug-likeness (QED) is 0.389. The Morgan fingerprint density at radius 3 is 2.88 bits per heavy atom. The monoisotopic (exact) mass is 520 g/mol. The topological polar surface area (TPSA) is 137 Å². The van der Waals surface area contributed by atoms with Gasteiger partial charge in [0.2, 0.25) is 0 Å². The molecule has 1 unspecified atom stereocenters. The second-order valence-corrected chi connectivity index (χ2v) is 12.8. The van der Waals surface area contributed by atoms with Crippen LogP contribution in [0.2, 0.25) is 5.21 Å². The molecule has 1 aliphatic rings. The summed E-state index contributed by atoms with van der Waals surface area (Å²) in [6.07, 6.45) is 8.06. The predicted molar refractivity (Wildman–Crippen MR) is 124 cm³/mol. The molecule has 1 radical (unpaired) electrons. The summed E-state index contributed by atoms with van der Waals surface area (Å²) in [6.45, 7) is 4.47. The van der Waals surface area contributed by atoms with E-state index in [1.54, 1.807) is 32.4 Å². The first-order chi connectivity index (χ1) is 15.1. The average molecular weight is 520 g/mol. The molecule has 0 saturated carbocycles. The molecule has 4 heterocycles. The standard InChI is InChI=1S/C20H27AsN7O3S/c1-20(2,29)12-21-19-24-9-14(16-10-23-18-15(26-16)6-7-22-18)17(27-19)25-13-5-4-8-28(11-13)32(3,30)31/h6-7,9-10,13,29H,4-5,8,11-12H2,1-3H3,(H,22,23)(H,24,25,27). The van der Waals surface area contributed by atoms with Crippen LogP contribution in [0.4, 0.5) is 5.82 Å². The molecule has 10 nitrogen and oxygen atoms in total. The van der Waals surface area contributed by atoms with Crippen LogP contribution in [-0.4, -0.2) is 89.5 Å². The van der Waals surface area contributed by atoms with Crippen LogP contribution >= 0.6 is 0 Å². The van der Waals surface area contributed by atoms with E-state index in [1.165, 1.54) is 10.6 Å². The van der Waals surface area contributed by atoms with Gasteiger partial charge in [-0.25, -0.2) is 0 Å². The fraction of sp³-hybridized carbons (Fsp3) is 0.500. The Bertz CT molecular complexity index is 1210. The minimum atomic E-state index is -3.25. The number of nitrogens with zero attached hydrogens (tertiary/aromatic N) is 5. The number of sulfonamides is 1. The molecule has 32 heavy (non-hydrogen) atoms. The normalized spacial score (nSPS) is 18.6. The fourth-order valence-corrected chi connectivity index (χ4v) is 6.20. The molecule has 1 fully saturated rings. The van der Waals surface area contributed by atoms with Crippen LogP contribution < -0.4 is 9.93 Å². The van der Waals surface area contributed by atoms with E-state index in [-0.39, 0.29) is 6.04 Å². The Hall–Kier alpha value is -2.07. The fourth-order valence-electron chi connectivity index (χ4n) is 3.53. The first-order valence-electron chi connectivity index (χ1n) is 10.4. The van der Waals surface area contributed by atoms with Gasteiger partial charge in [0.05, 0.1) is 0 Å². The van der Waals surface area contributed by atoms with E-state index in [0.717, 1.165) is 18.4 Å². The van der Waals surface area contributed by atoms with Crippen molar-refractivity contribution in [3.05, 3.63) is 24.7 Å². The summed E-state index contributed by atoms with van der Waals surface area (Å²) >= 11 is -0.432. The second-order valence-electron chi connectivity index (χ2n) is 8.63. The van der Waals surface area contributed by atoms with E-state index >= 15 is 0 Å². The Labute approximate surface area is 194 Å². The molecule has 1 atom stereocenters. The predicted octanol–water partition coefficient (Wildman–Crippen LogP) is 0.769. The van der Waals surface area contributed by atoms with E-state index in [2.05, 4.69) is 25.3 Å². The van der Waals surface area contributed by atoms with Gasteiger partial charge in [0, 0.05) is 0 Å². The van der Waals surface area contributed by atoms with Gasteiger partial charge >= 0.3 is 194 Å². The molecule has 3 aromatic rings. The molecule has 12 heteroatoms. The molecule has 0 spiro atoms. The van der Waals surface area contributed by atoms with Crippen LogP contribution in [0.3, 0.4) is 0 Å². The summed E-state index contributed by atoms with van der Waals surface area (Å²) in [5.74, 6) is 0.616. The van der Waals surface area contributed by atoms with E-state index in [1.807, 2.05) is 6.07 Å². The van der Waals surface area contributed by atoms with Crippen molar-refractivity contribution in [3.8, 4) is 11.3 Å². The van der Waals surface area contributed by atoms with Gasteiger partial charge in [-0.05, 0) is 0 Å². The van der Waals surface area contributed by atoms with Crippen LogP contribution in [0, 0.1) is 0 Å². The number of anilines is 1. The Morgan fingerprint density at radius 1 is 1.31 bits per heavy atom. The number of aliphatic hydroxyl groups is 1. The summed E-state index contributed by atoms with van der Waals surface area (Å²) in [6, 6.07) is 1.78. The van der Waals surface area contributed by atoms with Crippen molar-refractivity contribution < 1.29 is 13.5 Å². The summed E-state index contributed by atoms with van der Waals surface area (Å²) in [4.78, 5) is 21.4. The molecule has 4 rings (SSSR count). The van der Waals surface area contributed by atoms with Gasteiger partial charge in [0.1, 0.15) is 0 Å². The van der Waals surface area contributed by atoms with Crippen LogP contribution in [0.25, 0.3) is 22.4 Å². The molecular formula is C20H27AsN7O3S. The van der Waals surface area contributed by atoms with E-state index < -0.39 is 31.4 Å². The molecule has 1 aliphatic heterocycles. The van der Waals surface area contributed by atoms with Gasteiger partial charge in [-0.1, -0.05) is 0 Å². The number of aromatic amines is 1. The van der Waals surface area contributed by atoms with Gasteiger partial charge in [-0.15, -0.1) is 0 Å². The van der Waals surface area contributed by atoms with Crippen molar-refractivity contribution in [1.82, 2.24) is 29.2 Å². The van der Waals surface area contributed by atoms with Gasteiger partial charge in [-0.2, -0.15) is 0 Å². The Balaban J connectivity index is 1.66. The molecular weight excluding hydrogens is 493 g/mol. The molecule has 0 amide bonds. The number of aromatic nitrogens is 5. The van der Waals surface area contributed by atoms with Crippen molar-refractivity contribution in [1.29, 1.82) is 0 Å². The van der Waals surface area contributed by atoms with E-state index in [0.29, 0.717) is 45.6 Å². The van der Waals surface area contributed by atoms with Gasteiger partial charge < -0.3 is 0 Å². The molecule has 171 valence electrons. The zero-order valence-corrected chi connectivity index (χ0v) is 21.0. The number of hydrogen-bond donors (Lipinski definition) is 3. The van der Waals surface area contributed by atoms with E-state index in [4.69, 9.17) is 4.98 Å². The first kappa shape index (κ1) is 23.1. The molecule has 3 aromatic heterocycles. The van der Waals surface area contributed by atoms with Crippen molar-refractivity contribution in [2.75, 3.05) is 24.7 Å². The first-order valence-corrected chi connectivity index (χ1v) is 14.5. The summed E-state index contributed by atoms with van der Waals surface area (Å²) in [5, 5.41) is 14.2. The Kier molecular flexibility index (Phi) is 6.53. The summed E-state index contributed by atoms with van der Waals surface area (Å²) in [7, 11) is -3.25. The van der Waals surface area contributed by atoms with Crippen LogP contribution in [-0.2, 0) is 10.0 Å². The molecule has 1 saturated heterocycles. The summed E-state index contributed by atoms with van der Waals surface area (Å²) in [5.41, 5.74) is 2.02. The third-order valence-electron chi connectivity index (χ3n) is 5.11. The molecule has 0 aromatic carbocycles. The number of rotatable bonds is 7. The molecule has 0 bridgehead atoms. The minimum absolute atomic E-state index is 0.0746. The van der Waals surface area contributed by atoms with Crippen molar-refractivity contribution in [3.63, 3.8) is 0 Å². The number of fused-ring (bicyclic) bond motifs is 1.